The lowest BCUT2D eigenvalue weighted by Gasteiger charge is -2.17. The summed E-state index contributed by atoms with van der Waals surface area (Å²) in [6, 6.07) is 12.1. The van der Waals surface area contributed by atoms with Crippen LogP contribution in [0.1, 0.15) is 30.5 Å². The predicted octanol–water partition coefficient (Wildman–Crippen LogP) is 3.46. The van der Waals surface area contributed by atoms with Crippen molar-refractivity contribution in [1.29, 1.82) is 0 Å². The average Bonchev–Trinajstić information content (AvgIpc) is 2.41. The fourth-order valence-electron chi connectivity index (χ4n) is 1.98. The largest absolute Gasteiger partial charge is 0.306 e. The molecule has 0 fully saturated rings. The van der Waals surface area contributed by atoms with Gasteiger partial charge in [-0.25, -0.2) is 4.39 Å². The van der Waals surface area contributed by atoms with E-state index in [-0.39, 0.29) is 11.9 Å². The van der Waals surface area contributed by atoms with E-state index in [1.54, 1.807) is 6.20 Å². The predicted molar refractivity (Wildman–Crippen MR) is 70.5 cm³/mol. The van der Waals surface area contributed by atoms with E-state index in [9.17, 15) is 4.39 Å². The van der Waals surface area contributed by atoms with E-state index >= 15 is 0 Å². The Morgan fingerprint density at radius 2 is 2.00 bits per heavy atom. The van der Waals surface area contributed by atoms with Gasteiger partial charge in [-0.2, -0.15) is 0 Å². The monoisotopic (exact) mass is 244 g/mol. The highest BCUT2D eigenvalue weighted by Gasteiger charge is 2.08. The number of halogens is 1. The Kier molecular flexibility index (Phi) is 4.42. The van der Waals surface area contributed by atoms with Crippen LogP contribution in [-0.4, -0.2) is 4.98 Å². The molecule has 3 heteroatoms. The third kappa shape index (κ3) is 3.37. The molecule has 2 rings (SSSR count). The van der Waals surface area contributed by atoms with Gasteiger partial charge in [0.05, 0.1) is 6.20 Å². The van der Waals surface area contributed by atoms with Crippen LogP contribution in [-0.2, 0) is 6.54 Å². The zero-order chi connectivity index (χ0) is 12.8. The molecule has 0 saturated carbocycles. The summed E-state index contributed by atoms with van der Waals surface area (Å²) in [7, 11) is 0. The first kappa shape index (κ1) is 12.7. The van der Waals surface area contributed by atoms with E-state index in [2.05, 4.69) is 29.4 Å². The number of aromatic nitrogens is 1. The second-order valence-electron chi connectivity index (χ2n) is 4.26. The normalized spacial score (nSPS) is 12.3. The summed E-state index contributed by atoms with van der Waals surface area (Å²) in [5, 5.41) is 3.42. The molecule has 0 saturated heterocycles. The summed E-state index contributed by atoms with van der Waals surface area (Å²) in [6.45, 7) is 2.76. The number of nitrogens with zero attached hydrogens (tertiary/aromatic N) is 1. The molecule has 0 radical (unpaired) electrons. The zero-order valence-corrected chi connectivity index (χ0v) is 10.4. The van der Waals surface area contributed by atoms with Crippen LogP contribution >= 0.6 is 0 Å². The first-order valence-electron chi connectivity index (χ1n) is 6.17. The molecule has 0 spiro atoms. The van der Waals surface area contributed by atoms with Crippen molar-refractivity contribution in [2.45, 2.75) is 25.9 Å². The van der Waals surface area contributed by atoms with Crippen molar-refractivity contribution >= 4 is 0 Å². The van der Waals surface area contributed by atoms with Gasteiger partial charge in [0.2, 0.25) is 0 Å². The van der Waals surface area contributed by atoms with Crippen molar-refractivity contribution in [1.82, 2.24) is 10.3 Å². The molecule has 0 aliphatic rings. The molecule has 0 amide bonds. The molecule has 1 aromatic carbocycles. The Hall–Kier alpha value is -1.74. The molecule has 1 heterocycles. The van der Waals surface area contributed by atoms with Gasteiger partial charge in [-0.1, -0.05) is 37.3 Å². The van der Waals surface area contributed by atoms with Gasteiger partial charge in [0.25, 0.3) is 0 Å². The maximum absolute atomic E-state index is 13.0. The summed E-state index contributed by atoms with van der Waals surface area (Å²) in [5.41, 5.74) is 2.12. The third-order valence-electron chi connectivity index (χ3n) is 2.92. The van der Waals surface area contributed by atoms with Crippen molar-refractivity contribution in [3.05, 3.63) is 65.7 Å². The molecule has 1 unspecified atom stereocenters. The van der Waals surface area contributed by atoms with E-state index in [1.165, 1.54) is 17.8 Å². The van der Waals surface area contributed by atoms with Gasteiger partial charge in [0.15, 0.2) is 0 Å². The minimum atomic E-state index is -0.290. The van der Waals surface area contributed by atoms with E-state index in [0.29, 0.717) is 6.54 Å². The highest BCUT2D eigenvalue weighted by molar-refractivity contribution is 5.19. The first-order valence-corrected chi connectivity index (χ1v) is 6.17. The molecule has 0 bridgehead atoms. The molecular formula is C15H17FN2. The Morgan fingerprint density at radius 1 is 1.22 bits per heavy atom. The lowest BCUT2D eigenvalue weighted by atomic mass is 10.0. The quantitative estimate of drug-likeness (QED) is 0.871. The second kappa shape index (κ2) is 6.26. The Balaban J connectivity index is 2.00. The zero-order valence-electron chi connectivity index (χ0n) is 10.4. The van der Waals surface area contributed by atoms with Crippen LogP contribution in [0.15, 0.2) is 48.8 Å². The highest BCUT2D eigenvalue weighted by atomic mass is 19.1. The van der Waals surface area contributed by atoms with Crippen LogP contribution in [0.4, 0.5) is 4.39 Å². The number of hydrogen-bond donors (Lipinski definition) is 1. The molecule has 94 valence electrons. The van der Waals surface area contributed by atoms with Crippen LogP contribution < -0.4 is 5.32 Å². The van der Waals surface area contributed by atoms with Crippen LogP contribution in [0.25, 0.3) is 0 Å². The van der Waals surface area contributed by atoms with Gasteiger partial charge >= 0.3 is 0 Å². The molecule has 1 aromatic heterocycles. The van der Waals surface area contributed by atoms with Crippen LogP contribution in [0.5, 0.6) is 0 Å². The third-order valence-corrected chi connectivity index (χ3v) is 2.92. The summed E-state index contributed by atoms with van der Waals surface area (Å²) >= 11 is 0. The number of benzene rings is 1. The lowest BCUT2D eigenvalue weighted by Crippen LogP contribution is -2.20. The van der Waals surface area contributed by atoms with Gasteiger partial charge < -0.3 is 5.32 Å². The molecule has 2 aromatic rings. The Morgan fingerprint density at radius 3 is 2.67 bits per heavy atom. The second-order valence-corrected chi connectivity index (χ2v) is 4.26. The molecule has 2 nitrogen and oxygen atoms in total. The summed E-state index contributed by atoms with van der Waals surface area (Å²) in [5.74, 6) is -0.290. The van der Waals surface area contributed by atoms with Gasteiger partial charge in [0.1, 0.15) is 5.82 Å². The maximum Gasteiger partial charge on any atom is 0.141 e. The number of nitrogens with one attached hydrogen (secondary N) is 1. The SMILES string of the molecule is CCC(NCc1cncc(F)c1)c1ccccc1. The number of pyridine rings is 1. The highest BCUT2D eigenvalue weighted by Crippen LogP contribution is 2.16. The molecule has 18 heavy (non-hydrogen) atoms. The first-order chi connectivity index (χ1) is 8.79. The Bertz CT molecular complexity index is 485. The molecule has 1 N–H and O–H groups in total. The van der Waals surface area contributed by atoms with Crippen molar-refractivity contribution in [3.8, 4) is 0 Å². The fraction of sp³-hybridized carbons (Fsp3) is 0.267. The topological polar surface area (TPSA) is 24.9 Å². The van der Waals surface area contributed by atoms with E-state index in [1.807, 2.05) is 18.2 Å². The molecular weight excluding hydrogens is 227 g/mol. The molecule has 0 aliphatic carbocycles. The van der Waals surface area contributed by atoms with Gasteiger partial charge in [-0.05, 0) is 23.6 Å². The smallest absolute Gasteiger partial charge is 0.141 e. The average molecular weight is 244 g/mol. The van der Waals surface area contributed by atoms with Gasteiger partial charge in [-0.3, -0.25) is 4.98 Å². The summed E-state index contributed by atoms with van der Waals surface area (Å²) in [6.07, 6.45) is 3.90. The standard InChI is InChI=1S/C15H17FN2/c1-2-15(13-6-4-3-5-7-13)18-10-12-8-14(16)11-17-9-12/h3-9,11,15,18H,2,10H2,1H3. The fourth-order valence-corrected chi connectivity index (χ4v) is 1.98. The van der Waals surface area contributed by atoms with Crippen LogP contribution in [0.3, 0.4) is 0 Å². The van der Waals surface area contributed by atoms with E-state index in [4.69, 9.17) is 0 Å². The lowest BCUT2D eigenvalue weighted by molar-refractivity contribution is 0.516. The van der Waals surface area contributed by atoms with Gasteiger partial charge in [-0.15, -0.1) is 0 Å². The van der Waals surface area contributed by atoms with Crippen molar-refractivity contribution in [2.24, 2.45) is 0 Å². The van der Waals surface area contributed by atoms with Crippen LogP contribution in [0, 0.1) is 5.82 Å². The maximum atomic E-state index is 13.0. The Labute approximate surface area is 107 Å². The molecule has 1 atom stereocenters. The van der Waals surface area contributed by atoms with Crippen LogP contribution in [0.2, 0.25) is 0 Å². The number of hydrogen-bond acceptors (Lipinski definition) is 2. The van der Waals surface area contributed by atoms with E-state index in [0.717, 1.165) is 12.0 Å². The summed E-state index contributed by atoms with van der Waals surface area (Å²) < 4.78 is 13.0. The molecule has 0 aliphatic heterocycles. The van der Waals surface area contributed by atoms with Crippen molar-refractivity contribution < 1.29 is 4.39 Å². The van der Waals surface area contributed by atoms with Gasteiger partial charge in [0, 0.05) is 18.8 Å². The number of rotatable bonds is 5. The minimum absolute atomic E-state index is 0.287. The van der Waals surface area contributed by atoms with Crippen molar-refractivity contribution in [2.75, 3.05) is 0 Å². The van der Waals surface area contributed by atoms with E-state index < -0.39 is 0 Å². The minimum Gasteiger partial charge on any atom is -0.306 e. The summed E-state index contributed by atoms with van der Waals surface area (Å²) in [4.78, 5) is 3.85. The van der Waals surface area contributed by atoms with Crippen molar-refractivity contribution in [3.63, 3.8) is 0 Å².